The number of carbonyl (C=O) groups excluding carboxylic acids is 2. The van der Waals surface area contributed by atoms with Gasteiger partial charge in [0, 0.05) is 17.6 Å². The summed E-state index contributed by atoms with van der Waals surface area (Å²) in [6.45, 7) is 6.40. The molecule has 0 saturated carbocycles. The summed E-state index contributed by atoms with van der Waals surface area (Å²) < 4.78 is 10.8. The van der Waals surface area contributed by atoms with Crippen molar-refractivity contribution in [3.8, 4) is 0 Å². The molecule has 1 saturated heterocycles. The molecule has 2 heterocycles. The van der Waals surface area contributed by atoms with Gasteiger partial charge < -0.3 is 14.0 Å². The van der Waals surface area contributed by atoms with Gasteiger partial charge in [-0.25, -0.2) is 4.79 Å². The second-order valence-electron chi connectivity index (χ2n) is 6.57. The summed E-state index contributed by atoms with van der Waals surface area (Å²) in [7, 11) is -0.375. The van der Waals surface area contributed by atoms with Crippen molar-refractivity contribution in [2.45, 2.75) is 48.2 Å². The normalized spacial score (nSPS) is 31.1. The Morgan fingerprint density at radius 1 is 1.45 bits per heavy atom. The summed E-state index contributed by atoms with van der Waals surface area (Å²) in [6.07, 6.45) is 5.21. The highest BCUT2D eigenvalue weighted by atomic mass is 32.2. The maximum Gasteiger partial charge on any atom is 0.333 e. The summed E-state index contributed by atoms with van der Waals surface area (Å²) in [5.74, 6) is 0.703. The van der Waals surface area contributed by atoms with Crippen molar-refractivity contribution in [1.82, 2.24) is 0 Å². The van der Waals surface area contributed by atoms with E-state index in [2.05, 4.69) is 19.6 Å². The third-order valence-corrected chi connectivity index (χ3v) is 8.29. The quantitative estimate of drug-likeness (QED) is 0.411. The van der Waals surface area contributed by atoms with Crippen molar-refractivity contribution < 1.29 is 18.8 Å². The smallest absolute Gasteiger partial charge is 0.333 e. The molecule has 3 aliphatic rings. The van der Waals surface area contributed by atoms with Gasteiger partial charge in [-0.15, -0.1) is 23.5 Å². The van der Waals surface area contributed by atoms with Gasteiger partial charge in [0.1, 0.15) is 6.29 Å². The Bertz CT molecular complexity index is 500. The fraction of sp³-hybridized carbons (Fsp3) is 0.733. The summed E-state index contributed by atoms with van der Waals surface area (Å²) in [6, 6.07) is 0. The van der Waals surface area contributed by atoms with E-state index in [4.69, 9.17) is 9.16 Å². The fourth-order valence-electron chi connectivity index (χ4n) is 3.19. The van der Waals surface area contributed by atoms with Crippen LogP contribution in [0.5, 0.6) is 0 Å². The predicted molar refractivity (Wildman–Crippen MR) is 94.5 cm³/mol. The van der Waals surface area contributed by atoms with E-state index >= 15 is 0 Å². The van der Waals surface area contributed by atoms with Crippen LogP contribution in [0.25, 0.3) is 0 Å². The maximum atomic E-state index is 12.5. The summed E-state index contributed by atoms with van der Waals surface area (Å²) in [5.41, 5.74) is 1.09. The van der Waals surface area contributed by atoms with Crippen molar-refractivity contribution in [2.24, 2.45) is 5.92 Å². The van der Waals surface area contributed by atoms with E-state index in [-0.39, 0.29) is 17.1 Å². The first-order valence-electron chi connectivity index (χ1n) is 7.46. The minimum absolute atomic E-state index is 0.00775. The molecular formula is C15H24O4S2Si. The first kappa shape index (κ1) is 17.9. The first-order valence-corrected chi connectivity index (χ1v) is 13.0. The van der Waals surface area contributed by atoms with Crippen LogP contribution >= 0.6 is 23.5 Å². The molecule has 0 amide bonds. The molecule has 0 radical (unpaired) electrons. The zero-order valence-electron chi connectivity index (χ0n) is 13.8. The van der Waals surface area contributed by atoms with Crippen molar-refractivity contribution in [3.05, 3.63) is 11.3 Å². The molecule has 3 rings (SSSR count). The highest BCUT2D eigenvalue weighted by molar-refractivity contribution is 8.19. The van der Waals surface area contributed by atoms with Crippen molar-refractivity contribution in [1.29, 1.82) is 0 Å². The highest BCUT2D eigenvalue weighted by Gasteiger charge is 2.58. The van der Waals surface area contributed by atoms with Gasteiger partial charge in [0.15, 0.2) is 4.08 Å². The monoisotopic (exact) mass is 360 g/mol. The lowest BCUT2D eigenvalue weighted by molar-refractivity contribution is -0.142. The molecule has 3 unspecified atom stereocenters. The number of rotatable bonds is 6. The van der Waals surface area contributed by atoms with E-state index < -0.39 is 12.4 Å². The summed E-state index contributed by atoms with van der Waals surface area (Å²) >= 11 is 3.19. The molecule has 2 bridgehead atoms. The van der Waals surface area contributed by atoms with E-state index in [1.807, 2.05) is 6.26 Å². The van der Waals surface area contributed by atoms with Crippen LogP contribution < -0.4 is 0 Å². The zero-order chi connectivity index (χ0) is 16.5. The molecule has 1 aliphatic carbocycles. The van der Waals surface area contributed by atoms with Gasteiger partial charge in [-0.1, -0.05) is 0 Å². The Kier molecular flexibility index (Phi) is 5.39. The molecule has 0 aromatic carbocycles. The van der Waals surface area contributed by atoms with Gasteiger partial charge in [-0.05, 0) is 44.3 Å². The van der Waals surface area contributed by atoms with Crippen molar-refractivity contribution in [3.63, 3.8) is 0 Å². The van der Waals surface area contributed by atoms with E-state index in [0.29, 0.717) is 6.42 Å². The number of fused-ring (bicyclic) bond motifs is 2. The van der Waals surface area contributed by atoms with Crippen LogP contribution in [0.4, 0.5) is 0 Å². The van der Waals surface area contributed by atoms with Crippen molar-refractivity contribution in [2.75, 3.05) is 13.4 Å². The molecule has 7 heteroatoms. The Morgan fingerprint density at radius 3 is 2.64 bits per heavy atom. The van der Waals surface area contributed by atoms with E-state index in [1.165, 1.54) is 7.11 Å². The average Bonchev–Trinajstić information content (AvgIpc) is 2.47. The number of methoxy groups -OCH3 is 1. The SMILES string of the molecule is COC(=O)C1(SC)SC2CCC1C(O[Si](C)(C)C)=C2CC=O. The first-order chi connectivity index (χ1) is 10.3. The molecule has 1 fully saturated rings. The van der Waals surface area contributed by atoms with Gasteiger partial charge in [0.25, 0.3) is 0 Å². The van der Waals surface area contributed by atoms with E-state index in [0.717, 1.165) is 30.5 Å². The average molecular weight is 361 g/mol. The molecule has 0 aromatic rings. The molecule has 22 heavy (non-hydrogen) atoms. The Balaban J connectivity index is 2.50. The molecule has 0 spiro atoms. The highest BCUT2D eigenvalue weighted by Crippen LogP contribution is 2.61. The molecule has 4 nitrogen and oxygen atoms in total. The maximum absolute atomic E-state index is 12.5. The standard InChI is InChI=1S/C15H24O4S2Si/c1-18-14(17)15(20-2)11-6-7-12(21-15)10(8-9-16)13(11)19-22(3,4)5/h9,11-12H,6-8H2,1-5H3. The molecule has 2 aliphatic heterocycles. The topological polar surface area (TPSA) is 52.6 Å². The lowest BCUT2D eigenvalue weighted by Gasteiger charge is -2.50. The van der Waals surface area contributed by atoms with Gasteiger partial charge in [-0.2, -0.15) is 0 Å². The van der Waals surface area contributed by atoms with Gasteiger partial charge in [-0.3, -0.25) is 0 Å². The minimum atomic E-state index is -1.82. The summed E-state index contributed by atoms with van der Waals surface area (Å²) in [4.78, 5) is 23.6. The van der Waals surface area contributed by atoms with Gasteiger partial charge >= 0.3 is 5.97 Å². The van der Waals surface area contributed by atoms with Crippen molar-refractivity contribution >= 4 is 44.1 Å². The van der Waals surface area contributed by atoms with Crippen LogP contribution in [0.2, 0.25) is 19.6 Å². The number of allylic oxidation sites excluding steroid dienone is 1. The molecule has 124 valence electrons. The number of hydrogen-bond donors (Lipinski definition) is 0. The predicted octanol–water partition coefficient (Wildman–Crippen LogP) is 3.44. The van der Waals surface area contributed by atoms with Crippen LogP contribution in [0.15, 0.2) is 11.3 Å². The number of hydrogen-bond acceptors (Lipinski definition) is 6. The largest absolute Gasteiger partial charge is 0.547 e. The fourth-order valence-corrected chi connectivity index (χ4v) is 7.21. The minimum Gasteiger partial charge on any atom is -0.547 e. The van der Waals surface area contributed by atoms with Gasteiger partial charge in [0.2, 0.25) is 8.32 Å². The summed E-state index contributed by atoms with van der Waals surface area (Å²) in [5, 5.41) is 0.174. The number of thioether (sulfide) groups is 2. The van der Waals surface area contributed by atoms with Crippen LogP contribution in [-0.4, -0.2) is 43.3 Å². The second-order valence-corrected chi connectivity index (χ2v) is 13.8. The van der Waals surface area contributed by atoms with E-state index in [1.54, 1.807) is 23.5 Å². The molecule has 0 aromatic heterocycles. The number of esters is 1. The number of carbonyl (C=O) groups is 2. The molecule has 0 N–H and O–H groups in total. The Hall–Kier alpha value is -0.403. The van der Waals surface area contributed by atoms with Crippen LogP contribution in [0.3, 0.4) is 0 Å². The third-order valence-electron chi connectivity index (χ3n) is 4.01. The van der Waals surface area contributed by atoms with Gasteiger partial charge in [0.05, 0.1) is 12.9 Å². The van der Waals surface area contributed by atoms with E-state index in [9.17, 15) is 9.59 Å². The van der Waals surface area contributed by atoms with Crippen LogP contribution in [0.1, 0.15) is 19.3 Å². The Labute approximate surface area is 141 Å². The van der Waals surface area contributed by atoms with Crippen LogP contribution in [0, 0.1) is 5.92 Å². The molecular weight excluding hydrogens is 336 g/mol. The molecule has 3 atom stereocenters. The lowest BCUT2D eigenvalue weighted by Crippen LogP contribution is -2.51. The lowest BCUT2D eigenvalue weighted by atomic mass is 9.83. The Morgan fingerprint density at radius 2 is 2.14 bits per heavy atom. The second kappa shape index (κ2) is 6.61. The number of aldehydes is 1. The zero-order valence-corrected chi connectivity index (χ0v) is 16.4. The van der Waals surface area contributed by atoms with Crippen LogP contribution in [-0.2, 0) is 18.8 Å². The third kappa shape index (κ3) is 3.12. The number of ether oxygens (including phenoxy) is 1.